The van der Waals surface area contributed by atoms with Crippen LogP contribution >= 0.6 is 0 Å². The normalized spacial score (nSPS) is 14.0. The van der Waals surface area contributed by atoms with Crippen molar-refractivity contribution in [3.8, 4) is 0 Å². The van der Waals surface area contributed by atoms with Gasteiger partial charge in [0, 0.05) is 36.8 Å². The van der Waals surface area contributed by atoms with E-state index in [4.69, 9.17) is 9.72 Å². The van der Waals surface area contributed by atoms with Gasteiger partial charge in [-0.1, -0.05) is 12.1 Å². The number of carbonyl (C=O) groups is 2. The Hall–Kier alpha value is -3.26. The Kier molecular flexibility index (Phi) is 7.90. The number of benzene rings is 1. The van der Waals surface area contributed by atoms with Crippen molar-refractivity contribution >= 4 is 22.8 Å². The van der Waals surface area contributed by atoms with E-state index in [-0.39, 0.29) is 0 Å². The highest BCUT2D eigenvalue weighted by atomic mass is 16.5. The number of unbranched alkanes of at least 4 members (excludes halogenated alkanes) is 1. The van der Waals surface area contributed by atoms with Gasteiger partial charge >= 0.3 is 5.97 Å². The molecule has 180 valence electrons. The molecule has 0 fully saturated rings. The van der Waals surface area contributed by atoms with E-state index in [0.29, 0.717) is 37.0 Å². The summed E-state index contributed by atoms with van der Waals surface area (Å²) < 4.78 is 7.42. The second-order valence-corrected chi connectivity index (χ2v) is 8.84. The molecule has 4 rings (SSSR count). The number of nitrogens with zero attached hydrogens (tertiary/aromatic N) is 3. The van der Waals surface area contributed by atoms with E-state index in [9.17, 15) is 14.7 Å². The van der Waals surface area contributed by atoms with Gasteiger partial charge < -0.3 is 15.2 Å². The number of ether oxygens (including phenoxy) is 1. The lowest BCUT2D eigenvalue weighted by Crippen LogP contribution is -2.40. The molecule has 0 bridgehead atoms. The van der Waals surface area contributed by atoms with Crippen LogP contribution in [0, 0.1) is 0 Å². The van der Waals surface area contributed by atoms with Crippen LogP contribution in [0.1, 0.15) is 59.4 Å². The number of pyridine rings is 1. The van der Waals surface area contributed by atoms with Gasteiger partial charge in [0.25, 0.3) is 5.91 Å². The standard InChI is InChI=1S/C26H32N4O4/c1-30-24-11-6-8-20(21(24)17-27-30)25(31)29-23(26(32)33)10-4-5-15-34-16-14-19-13-12-18-7-2-3-9-22(18)28-19/h6,8,11-13,17,23H,2-5,7,9-10,14-16H2,1H3,(H,29,31)(H,32,33)/t23-/m0/s1. The van der Waals surface area contributed by atoms with Gasteiger partial charge in [0.1, 0.15) is 6.04 Å². The van der Waals surface area contributed by atoms with Gasteiger partial charge in [-0.25, -0.2) is 4.79 Å². The molecule has 1 aliphatic carbocycles. The number of nitrogens with one attached hydrogen (secondary N) is 1. The largest absolute Gasteiger partial charge is 0.480 e. The van der Waals surface area contributed by atoms with Crippen LogP contribution in [-0.2, 0) is 35.8 Å². The number of carboxylic acids is 1. The van der Waals surface area contributed by atoms with Gasteiger partial charge in [-0.2, -0.15) is 5.10 Å². The van der Waals surface area contributed by atoms with Gasteiger partial charge in [0.15, 0.2) is 0 Å². The number of hydrogen-bond donors (Lipinski definition) is 2. The molecule has 1 amide bonds. The fourth-order valence-electron chi connectivity index (χ4n) is 4.47. The molecule has 1 atom stereocenters. The number of carbonyl (C=O) groups excluding carboxylic acids is 1. The number of amides is 1. The Labute approximate surface area is 199 Å². The summed E-state index contributed by atoms with van der Waals surface area (Å²) in [7, 11) is 1.80. The highest BCUT2D eigenvalue weighted by Crippen LogP contribution is 2.20. The average Bonchev–Trinajstić information content (AvgIpc) is 3.23. The van der Waals surface area contributed by atoms with Gasteiger partial charge in [0.05, 0.1) is 23.9 Å². The molecule has 0 spiro atoms. The van der Waals surface area contributed by atoms with E-state index in [1.165, 1.54) is 24.1 Å². The summed E-state index contributed by atoms with van der Waals surface area (Å²) in [6.07, 6.45) is 8.80. The van der Waals surface area contributed by atoms with E-state index < -0.39 is 17.9 Å². The first kappa shape index (κ1) is 23.9. The van der Waals surface area contributed by atoms with Crippen molar-refractivity contribution in [2.45, 2.75) is 57.4 Å². The monoisotopic (exact) mass is 464 g/mol. The van der Waals surface area contributed by atoms with Crippen LogP contribution in [-0.4, -0.2) is 51.0 Å². The average molecular weight is 465 g/mol. The first-order chi connectivity index (χ1) is 16.5. The van der Waals surface area contributed by atoms with E-state index in [2.05, 4.69) is 22.5 Å². The zero-order chi connectivity index (χ0) is 23.9. The van der Waals surface area contributed by atoms with Crippen molar-refractivity contribution in [3.05, 3.63) is 59.0 Å². The zero-order valence-corrected chi connectivity index (χ0v) is 19.6. The van der Waals surface area contributed by atoms with Crippen LogP contribution in [0.25, 0.3) is 10.9 Å². The minimum absolute atomic E-state index is 0.347. The van der Waals surface area contributed by atoms with Gasteiger partial charge in [0.2, 0.25) is 0 Å². The third-order valence-electron chi connectivity index (χ3n) is 6.41. The SMILES string of the molecule is Cn1ncc2c(C(=O)N[C@@H](CCCCOCCc3ccc4c(n3)CCCC4)C(=O)O)cccc21. The number of fused-ring (bicyclic) bond motifs is 2. The number of aromatic nitrogens is 3. The molecule has 3 aromatic rings. The highest BCUT2D eigenvalue weighted by molar-refractivity contribution is 6.07. The lowest BCUT2D eigenvalue weighted by atomic mass is 9.96. The van der Waals surface area contributed by atoms with E-state index in [1.807, 2.05) is 6.07 Å². The number of rotatable bonds is 11. The van der Waals surface area contributed by atoms with Crippen LogP contribution in [0.3, 0.4) is 0 Å². The first-order valence-corrected chi connectivity index (χ1v) is 12.0. The summed E-state index contributed by atoms with van der Waals surface area (Å²) in [6, 6.07) is 8.68. The molecule has 34 heavy (non-hydrogen) atoms. The van der Waals surface area contributed by atoms with E-state index in [0.717, 1.165) is 36.9 Å². The van der Waals surface area contributed by atoms with E-state index in [1.54, 1.807) is 30.1 Å². The second kappa shape index (κ2) is 11.2. The summed E-state index contributed by atoms with van der Waals surface area (Å²) >= 11 is 0. The molecule has 2 aromatic heterocycles. The lowest BCUT2D eigenvalue weighted by molar-refractivity contribution is -0.139. The quantitative estimate of drug-likeness (QED) is 0.421. The molecule has 0 aliphatic heterocycles. The van der Waals surface area contributed by atoms with Crippen LogP contribution < -0.4 is 5.32 Å². The van der Waals surface area contributed by atoms with Gasteiger partial charge in [-0.15, -0.1) is 0 Å². The van der Waals surface area contributed by atoms with Crippen molar-refractivity contribution in [1.82, 2.24) is 20.1 Å². The summed E-state index contributed by atoms with van der Waals surface area (Å²) in [5.74, 6) is -1.44. The molecule has 0 radical (unpaired) electrons. The molecule has 1 aromatic carbocycles. The van der Waals surface area contributed by atoms with Crippen LogP contribution in [0.2, 0.25) is 0 Å². The summed E-state index contributed by atoms with van der Waals surface area (Å²) in [4.78, 5) is 29.2. The smallest absolute Gasteiger partial charge is 0.326 e. The Morgan fingerprint density at radius 1 is 1.15 bits per heavy atom. The Bertz CT molecular complexity index is 1160. The maximum Gasteiger partial charge on any atom is 0.326 e. The Morgan fingerprint density at radius 3 is 2.85 bits per heavy atom. The molecule has 1 aliphatic rings. The number of aliphatic carboxylic acids is 1. The molecule has 0 unspecified atom stereocenters. The third kappa shape index (κ3) is 5.80. The maximum absolute atomic E-state index is 12.7. The molecule has 2 N–H and O–H groups in total. The van der Waals surface area contributed by atoms with Crippen molar-refractivity contribution in [2.75, 3.05) is 13.2 Å². The predicted molar refractivity (Wildman–Crippen MR) is 129 cm³/mol. The Morgan fingerprint density at radius 2 is 2.00 bits per heavy atom. The summed E-state index contributed by atoms with van der Waals surface area (Å²) in [5, 5.41) is 17.1. The van der Waals surface area contributed by atoms with Gasteiger partial charge in [-0.05, 0) is 68.7 Å². The zero-order valence-electron chi connectivity index (χ0n) is 19.6. The number of carboxylic acid groups (broad SMARTS) is 1. The molecular weight excluding hydrogens is 432 g/mol. The molecule has 8 heteroatoms. The molecule has 8 nitrogen and oxygen atoms in total. The van der Waals surface area contributed by atoms with E-state index >= 15 is 0 Å². The maximum atomic E-state index is 12.7. The minimum Gasteiger partial charge on any atom is -0.480 e. The van der Waals surface area contributed by atoms with Crippen molar-refractivity contribution < 1.29 is 19.4 Å². The third-order valence-corrected chi connectivity index (χ3v) is 6.41. The Balaban J connectivity index is 1.18. The first-order valence-electron chi connectivity index (χ1n) is 12.0. The highest BCUT2D eigenvalue weighted by Gasteiger charge is 2.22. The van der Waals surface area contributed by atoms with Crippen LogP contribution in [0.15, 0.2) is 36.5 Å². The summed E-state index contributed by atoms with van der Waals surface area (Å²) in [6.45, 7) is 1.15. The lowest BCUT2D eigenvalue weighted by Gasteiger charge is -2.16. The minimum atomic E-state index is -1.04. The van der Waals surface area contributed by atoms with Gasteiger partial charge in [-0.3, -0.25) is 14.5 Å². The van der Waals surface area contributed by atoms with Crippen molar-refractivity contribution in [3.63, 3.8) is 0 Å². The van der Waals surface area contributed by atoms with Crippen LogP contribution in [0.5, 0.6) is 0 Å². The molecular formula is C26H32N4O4. The number of aryl methyl sites for hydroxylation is 3. The molecule has 2 heterocycles. The fourth-order valence-corrected chi connectivity index (χ4v) is 4.47. The fraction of sp³-hybridized carbons (Fsp3) is 0.462. The second-order valence-electron chi connectivity index (χ2n) is 8.84. The molecule has 0 saturated carbocycles. The van der Waals surface area contributed by atoms with Crippen molar-refractivity contribution in [2.24, 2.45) is 7.05 Å². The summed E-state index contributed by atoms with van der Waals surface area (Å²) in [5.41, 5.74) is 4.94. The topological polar surface area (TPSA) is 106 Å². The number of hydrogen-bond acceptors (Lipinski definition) is 5. The van der Waals surface area contributed by atoms with Crippen molar-refractivity contribution in [1.29, 1.82) is 0 Å². The van der Waals surface area contributed by atoms with Crippen LogP contribution in [0.4, 0.5) is 0 Å². The molecule has 0 saturated heterocycles. The predicted octanol–water partition coefficient (Wildman–Crippen LogP) is 3.46.